The minimum atomic E-state index is -0.462. The smallest absolute Gasteiger partial charge is 0.0909 e. The van der Waals surface area contributed by atoms with Gasteiger partial charge in [0, 0.05) is 24.7 Å². The summed E-state index contributed by atoms with van der Waals surface area (Å²) in [5.41, 5.74) is 3.84. The monoisotopic (exact) mass is 360 g/mol. The van der Waals surface area contributed by atoms with Gasteiger partial charge < -0.3 is 15.3 Å². The van der Waals surface area contributed by atoms with E-state index in [9.17, 15) is 5.11 Å². The Kier molecular flexibility index (Phi) is 6.88. The molecule has 0 aliphatic carbocycles. The molecule has 0 bridgehead atoms. The Hall–Kier alpha value is -1.55. The number of benzene rings is 2. The number of hydrogen-bond acceptors (Lipinski definition) is 3. The summed E-state index contributed by atoms with van der Waals surface area (Å²) >= 11 is 0. The van der Waals surface area contributed by atoms with Gasteiger partial charge in [0.25, 0.3) is 0 Å². The van der Waals surface area contributed by atoms with Gasteiger partial charge in [-0.15, -0.1) is 12.4 Å². The molecule has 0 amide bonds. The van der Waals surface area contributed by atoms with Gasteiger partial charge in [-0.05, 0) is 30.2 Å². The zero-order valence-corrected chi connectivity index (χ0v) is 16.0. The fourth-order valence-electron chi connectivity index (χ4n) is 3.89. The van der Waals surface area contributed by atoms with E-state index in [2.05, 4.69) is 72.6 Å². The van der Waals surface area contributed by atoms with Crippen LogP contribution in [0.1, 0.15) is 36.9 Å². The highest BCUT2D eigenvalue weighted by molar-refractivity contribution is 5.85. The fraction of sp³-hybridized carbons (Fsp3) is 0.429. The predicted octanol–water partition coefficient (Wildman–Crippen LogP) is 3.99. The molecule has 136 valence electrons. The summed E-state index contributed by atoms with van der Waals surface area (Å²) in [5, 5.41) is 14.0. The molecule has 1 unspecified atom stereocenters. The highest BCUT2D eigenvalue weighted by Crippen LogP contribution is 2.44. The van der Waals surface area contributed by atoms with Crippen molar-refractivity contribution in [2.75, 3.05) is 25.0 Å². The third-order valence-corrected chi connectivity index (χ3v) is 5.10. The van der Waals surface area contributed by atoms with Gasteiger partial charge >= 0.3 is 0 Å². The summed E-state index contributed by atoms with van der Waals surface area (Å²) in [5.74, 6) is 1.09. The summed E-state index contributed by atoms with van der Waals surface area (Å²) in [7, 11) is 1.89. The number of rotatable bonds is 6. The maximum Gasteiger partial charge on any atom is 0.0909 e. The van der Waals surface area contributed by atoms with Crippen LogP contribution < -0.4 is 10.2 Å². The third kappa shape index (κ3) is 4.00. The van der Waals surface area contributed by atoms with Crippen molar-refractivity contribution in [2.45, 2.75) is 31.9 Å². The highest BCUT2D eigenvalue weighted by atomic mass is 35.5. The summed E-state index contributed by atoms with van der Waals surface area (Å²) in [4.78, 5) is 2.40. The lowest BCUT2D eigenvalue weighted by Crippen LogP contribution is -2.40. The van der Waals surface area contributed by atoms with Crippen LogP contribution in [0.4, 0.5) is 5.69 Å². The fourth-order valence-corrected chi connectivity index (χ4v) is 3.89. The van der Waals surface area contributed by atoms with Crippen LogP contribution >= 0.6 is 12.4 Å². The van der Waals surface area contributed by atoms with Crippen LogP contribution in [0.25, 0.3) is 0 Å². The zero-order valence-electron chi connectivity index (χ0n) is 15.2. The summed E-state index contributed by atoms with van der Waals surface area (Å²) in [6, 6.07) is 19.0. The predicted molar refractivity (Wildman–Crippen MR) is 108 cm³/mol. The number of hydrogen-bond donors (Lipinski definition) is 2. The van der Waals surface area contributed by atoms with E-state index < -0.39 is 6.10 Å². The molecule has 3 nitrogen and oxygen atoms in total. The number of halogens is 1. The van der Waals surface area contributed by atoms with E-state index in [1.54, 1.807) is 0 Å². The molecule has 1 aliphatic rings. The van der Waals surface area contributed by atoms with Crippen LogP contribution in [0.15, 0.2) is 54.6 Å². The van der Waals surface area contributed by atoms with Gasteiger partial charge in [-0.2, -0.15) is 0 Å². The lowest BCUT2D eigenvalue weighted by atomic mass is 9.90. The standard InChI is InChI=1S/C21H28N2O.ClH/c1-15(2)18-14-23(19-12-8-7-11-17(18)19)21(20(24)13-22-3)16-9-5-4-6-10-16;/h4-12,15,18,20-22,24H,13-14H2,1-3H3;1H/t18?,20-,21+;/m1./s1. The second-order valence-electron chi connectivity index (χ2n) is 7.04. The van der Waals surface area contributed by atoms with E-state index in [0.29, 0.717) is 18.4 Å². The summed E-state index contributed by atoms with van der Waals surface area (Å²) in [6.45, 7) is 6.10. The molecule has 0 aromatic heterocycles. The van der Waals surface area contributed by atoms with Crippen molar-refractivity contribution in [2.24, 2.45) is 5.92 Å². The molecule has 4 heteroatoms. The van der Waals surface area contributed by atoms with Crippen molar-refractivity contribution in [3.8, 4) is 0 Å². The topological polar surface area (TPSA) is 35.5 Å². The van der Waals surface area contributed by atoms with Crippen molar-refractivity contribution in [1.82, 2.24) is 5.32 Å². The molecule has 2 N–H and O–H groups in total. The van der Waals surface area contributed by atoms with Gasteiger partial charge in [0.15, 0.2) is 0 Å². The van der Waals surface area contributed by atoms with Crippen molar-refractivity contribution < 1.29 is 5.11 Å². The average Bonchev–Trinajstić information content (AvgIpc) is 2.96. The molecule has 0 saturated heterocycles. The molecule has 1 aliphatic heterocycles. The Morgan fingerprint density at radius 3 is 2.36 bits per heavy atom. The molecule has 2 aromatic carbocycles. The number of aliphatic hydroxyl groups excluding tert-OH is 1. The maximum absolute atomic E-state index is 10.9. The van der Waals surface area contributed by atoms with E-state index in [1.807, 2.05) is 13.1 Å². The second-order valence-corrected chi connectivity index (χ2v) is 7.04. The molecule has 0 radical (unpaired) electrons. The number of fused-ring (bicyclic) bond motifs is 1. The number of nitrogens with one attached hydrogen (secondary N) is 1. The molecule has 0 spiro atoms. The van der Waals surface area contributed by atoms with E-state index in [0.717, 1.165) is 6.54 Å². The number of para-hydroxylation sites is 1. The van der Waals surface area contributed by atoms with E-state index in [4.69, 9.17) is 0 Å². The first kappa shape index (κ1) is 19.8. The number of aliphatic hydroxyl groups is 1. The van der Waals surface area contributed by atoms with Gasteiger partial charge in [-0.1, -0.05) is 62.4 Å². The first-order chi connectivity index (χ1) is 11.6. The molecule has 0 saturated carbocycles. The molecule has 0 fully saturated rings. The first-order valence-corrected chi connectivity index (χ1v) is 8.86. The van der Waals surface area contributed by atoms with Gasteiger partial charge in [0.2, 0.25) is 0 Å². The summed E-state index contributed by atoms with van der Waals surface area (Å²) in [6.07, 6.45) is -0.462. The minimum Gasteiger partial charge on any atom is -0.389 e. The maximum atomic E-state index is 10.9. The van der Waals surface area contributed by atoms with Crippen LogP contribution in [-0.2, 0) is 0 Å². The molecular weight excluding hydrogens is 332 g/mol. The molecule has 1 heterocycles. The normalized spacial score (nSPS) is 18.6. The molecule has 3 atom stereocenters. The Balaban J connectivity index is 0.00000225. The molecule has 3 rings (SSSR count). The van der Waals surface area contributed by atoms with Crippen LogP contribution in [-0.4, -0.2) is 31.3 Å². The van der Waals surface area contributed by atoms with E-state index in [-0.39, 0.29) is 18.4 Å². The molecule has 2 aromatic rings. The van der Waals surface area contributed by atoms with Crippen molar-refractivity contribution in [3.63, 3.8) is 0 Å². The number of likely N-dealkylation sites (N-methyl/N-ethyl adjacent to an activating group) is 1. The third-order valence-electron chi connectivity index (χ3n) is 5.10. The lowest BCUT2D eigenvalue weighted by Gasteiger charge is -2.35. The largest absolute Gasteiger partial charge is 0.389 e. The number of anilines is 1. The highest BCUT2D eigenvalue weighted by Gasteiger charge is 2.37. The Morgan fingerprint density at radius 2 is 1.72 bits per heavy atom. The van der Waals surface area contributed by atoms with E-state index >= 15 is 0 Å². The van der Waals surface area contributed by atoms with Crippen LogP contribution in [0.3, 0.4) is 0 Å². The SMILES string of the molecule is CNC[C@@H](O)[C@H](c1ccccc1)N1CC(C(C)C)c2ccccc21.Cl. The van der Waals surface area contributed by atoms with Gasteiger partial charge in [0.1, 0.15) is 0 Å². The van der Waals surface area contributed by atoms with Crippen LogP contribution in [0, 0.1) is 5.92 Å². The molecular formula is C21H29ClN2O. The van der Waals surface area contributed by atoms with Gasteiger partial charge in [-0.25, -0.2) is 0 Å². The summed E-state index contributed by atoms with van der Waals surface area (Å²) < 4.78 is 0. The van der Waals surface area contributed by atoms with Crippen LogP contribution in [0.5, 0.6) is 0 Å². The van der Waals surface area contributed by atoms with E-state index in [1.165, 1.54) is 16.8 Å². The second kappa shape index (κ2) is 8.70. The number of nitrogens with zero attached hydrogens (tertiary/aromatic N) is 1. The van der Waals surface area contributed by atoms with Crippen molar-refractivity contribution in [3.05, 3.63) is 65.7 Å². The zero-order chi connectivity index (χ0) is 17.1. The Bertz CT molecular complexity index is 662. The average molecular weight is 361 g/mol. The quantitative estimate of drug-likeness (QED) is 0.817. The Morgan fingerprint density at radius 1 is 1.08 bits per heavy atom. The minimum absolute atomic E-state index is 0. The van der Waals surface area contributed by atoms with Crippen molar-refractivity contribution in [1.29, 1.82) is 0 Å². The van der Waals surface area contributed by atoms with Gasteiger partial charge in [0.05, 0.1) is 12.1 Å². The van der Waals surface area contributed by atoms with Crippen LogP contribution in [0.2, 0.25) is 0 Å². The molecule has 25 heavy (non-hydrogen) atoms. The first-order valence-electron chi connectivity index (χ1n) is 8.86. The lowest BCUT2D eigenvalue weighted by molar-refractivity contribution is 0.140. The van der Waals surface area contributed by atoms with Crippen molar-refractivity contribution >= 4 is 18.1 Å². The Labute approximate surface area is 157 Å². The van der Waals surface area contributed by atoms with Gasteiger partial charge in [-0.3, -0.25) is 0 Å².